The molecule has 0 N–H and O–H groups in total. The van der Waals surface area contributed by atoms with E-state index >= 15 is 0 Å². The maximum atomic E-state index is 12.6. The summed E-state index contributed by atoms with van der Waals surface area (Å²) in [6.45, 7) is 9.51. The van der Waals surface area contributed by atoms with E-state index in [9.17, 15) is 4.21 Å². The summed E-state index contributed by atoms with van der Waals surface area (Å²) in [4.78, 5) is 0.885. The molecular formula is C28H34O2SSi. The maximum absolute atomic E-state index is 12.6. The van der Waals surface area contributed by atoms with E-state index in [1.807, 2.05) is 30.3 Å². The van der Waals surface area contributed by atoms with Crippen LogP contribution in [-0.4, -0.2) is 24.9 Å². The van der Waals surface area contributed by atoms with Gasteiger partial charge in [-0.15, -0.1) is 0 Å². The van der Waals surface area contributed by atoms with Crippen LogP contribution in [0, 0.1) is 5.92 Å². The molecule has 0 fully saturated rings. The first kappa shape index (κ1) is 24.4. The van der Waals surface area contributed by atoms with E-state index in [0.717, 1.165) is 4.90 Å². The van der Waals surface area contributed by atoms with E-state index in [-0.39, 0.29) is 11.0 Å². The van der Waals surface area contributed by atoms with Gasteiger partial charge in [0.05, 0.1) is 17.4 Å². The summed E-state index contributed by atoms with van der Waals surface area (Å²) >= 11 is 0. The normalized spacial score (nSPS) is 14.4. The van der Waals surface area contributed by atoms with Gasteiger partial charge in [0.25, 0.3) is 8.32 Å². The van der Waals surface area contributed by atoms with E-state index in [1.54, 1.807) is 0 Å². The van der Waals surface area contributed by atoms with Crippen LogP contribution in [-0.2, 0) is 15.2 Å². The van der Waals surface area contributed by atoms with E-state index in [2.05, 4.69) is 101 Å². The smallest absolute Gasteiger partial charge is 0.261 e. The first-order valence-electron chi connectivity index (χ1n) is 11.2. The average Bonchev–Trinajstić information content (AvgIpc) is 2.80. The Labute approximate surface area is 196 Å². The predicted molar refractivity (Wildman–Crippen MR) is 140 cm³/mol. The van der Waals surface area contributed by atoms with E-state index in [4.69, 9.17) is 4.43 Å². The molecule has 1 unspecified atom stereocenters. The van der Waals surface area contributed by atoms with Crippen LogP contribution in [0.3, 0.4) is 0 Å². The first-order valence-corrected chi connectivity index (χ1v) is 14.4. The summed E-state index contributed by atoms with van der Waals surface area (Å²) in [5.41, 5.74) is 0. The SMILES string of the molecule is C[C@@H](/C=C\CO[Si](c1ccccc1)(c1ccccc1)C(C)(C)C)CS(=O)c1ccccc1. The Morgan fingerprint density at radius 1 is 0.844 bits per heavy atom. The fraction of sp³-hybridized carbons (Fsp3) is 0.286. The molecule has 3 rings (SSSR count). The Balaban J connectivity index is 1.78. The van der Waals surface area contributed by atoms with Crippen molar-refractivity contribution in [2.75, 3.05) is 12.4 Å². The number of rotatable bonds is 9. The van der Waals surface area contributed by atoms with Gasteiger partial charge < -0.3 is 4.43 Å². The fourth-order valence-electron chi connectivity index (χ4n) is 4.19. The molecule has 168 valence electrons. The highest BCUT2D eigenvalue weighted by molar-refractivity contribution is 7.85. The summed E-state index contributed by atoms with van der Waals surface area (Å²) < 4.78 is 19.5. The molecule has 0 aromatic heterocycles. The highest BCUT2D eigenvalue weighted by atomic mass is 32.2. The van der Waals surface area contributed by atoms with Crippen LogP contribution in [0.2, 0.25) is 5.04 Å². The molecule has 0 amide bonds. The zero-order chi connectivity index (χ0) is 23.0. The molecule has 0 saturated heterocycles. The highest BCUT2D eigenvalue weighted by Gasteiger charge is 2.49. The van der Waals surface area contributed by atoms with Crippen molar-refractivity contribution >= 4 is 29.5 Å². The predicted octanol–water partition coefficient (Wildman–Crippen LogP) is 5.56. The van der Waals surface area contributed by atoms with Crippen LogP contribution in [0.1, 0.15) is 27.7 Å². The maximum Gasteiger partial charge on any atom is 0.261 e. The van der Waals surface area contributed by atoms with Crippen molar-refractivity contribution in [1.29, 1.82) is 0 Å². The van der Waals surface area contributed by atoms with Crippen LogP contribution < -0.4 is 10.4 Å². The van der Waals surface area contributed by atoms with Crippen LogP contribution in [0.5, 0.6) is 0 Å². The Morgan fingerprint density at radius 2 is 1.31 bits per heavy atom. The Bertz CT molecular complexity index is 972. The molecule has 0 bridgehead atoms. The minimum Gasteiger partial charge on any atom is -0.404 e. The molecule has 32 heavy (non-hydrogen) atoms. The second kappa shape index (κ2) is 11.0. The summed E-state index contributed by atoms with van der Waals surface area (Å²) in [5.74, 6) is 0.818. The zero-order valence-corrected chi connectivity index (χ0v) is 21.3. The number of hydrogen-bond acceptors (Lipinski definition) is 2. The van der Waals surface area contributed by atoms with E-state index in [1.165, 1.54) is 10.4 Å². The molecule has 2 nitrogen and oxygen atoms in total. The van der Waals surface area contributed by atoms with Crippen molar-refractivity contribution in [2.24, 2.45) is 5.92 Å². The molecular weight excluding hydrogens is 428 g/mol. The summed E-state index contributed by atoms with van der Waals surface area (Å²) in [6.07, 6.45) is 4.24. The van der Waals surface area contributed by atoms with Crippen molar-refractivity contribution in [3.8, 4) is 0 Å². The fourth-order valence-corrected chi connectivity index (χ4v) is 9.93. The lowest BCUT2D eigenvalue weighted by molar-refractivity contribution is 0.338. The summed E-state index contributed by atoms with van der Waals surface area (Å²) in [6, 6.07) is 31.0. The average molecular weight is 463 g/mol. The number of benzene rings is 3. The third-order valence-corrected chi connectivity index (χ3v) is 12.3. The highest BCUT2D eigenvalue weighted by Crippen LogP contribution is 2.36. The molecule has 0 saturated carbocycles. The topological polar surface area (TPSA) is 26.3 Å². The van der Waals surface area contributed by atoms with Gasteiger partial charge >= 0.3 is 0 Å². The largest absolute Gasteiger partial charge is 0.404 e. The second-order valence-corrected chi connectivity index (χ2v) is 15.0. The Hall–Kier alpha value is -2.27. The minimum absolute atomic E-state index is 0.0377. The summed E-state index contributed by atoms with van der Waals surface area (Å²) in [7, 11) is -3.51. The third-order valence-electron chi connectivity index (χ3n) is 5.70. The zero-order valence-electron chi connectivity index (χ0n) is 19.5. The van der Waals surface area contributed by atoms with Crippen molar-refractivity contribution in [1.82, 2.24) is 0 Å². The molecule has 0 aliphatic rings. The van der Waals surface area contributed by atoms with E-state index in [0.29, 0.717) is 12.4 Å². The van der Waals surface area contributed by atoms with Gasteiger partial charge in [-0.3, -0.25) is 4.21 Å². The van der Waals surface area contributed by atoms with Crippen LogP contribution >= 0.6 is 0 Å². The van der Waals surface area contributed by atoms with Gasteiger partial charge in [0, 0.05) is 10.6 Å². The van der Waals surface area contributed by atoms with Gasteiger partial charge in [0.1, 0.15) is 0 Å². The van der Waals surface area contributed by atoms with Gasteiger partial charge in [0.15, 0.2) is 0 Å². The molecule has 4 heteroatoms. The molecule has 0 heterocycles. The van der Waals surface area contributed by atoms with Crippen molar-refractivity contribution in [2.45, 2.75) is 37.6 Å². The molecule has 0 radical (unpaired) electrons. The Morgan fingerprint density at radius 3 is 1.78 bits per heavy atom. The summed E-state index contributed by atoms with van der Waals surface area (Å²) in [5, 5.41) is 2.53. The Kier molecular flexibility index (Phi) is 8.41. The van der Waals surface area contributed by atoms with Crippen LogP contribution in [0.25, 0.3) is 0 Å². The van der Waals surface area contributed by atoms with Crippen LogP contribution in [0.15, 0.2) is 108 Å². The monoisotopic (exact) mass is 462 g/mol. The van der Waals surface area contributed by atoms with Gasteiger partial charge in [-0.05, 0) is 33.5 Å². The van der Waals surface area contributed by atoms with Gasteiger partial charge in [-0.25, -0.2) is 0 Å². The molecule has 0 aliphatic heterocycles. The quantitative estimate of drug-likeness (QED) is 0.307. The number of allylic oxidation sites excluding steroid dienone is 1. The van der Waals surface area contributed by atoms with Crippen molar-refractivity contribution in [3.05, 3.63) is 103 Å². The standard InChI is InChI=1S/C28H34O2SSi/c1-24(23-31(29)25-16-8-5-9-17-25)15-14-22-30-32(28(2,3)4,26-18-10-6-11-19-26)27-20-12-7-13-21-27/h5-21,24H,22-23H2,1-4H3/b15-14-/t24-,31?/m0/s1. The molecule has 2 atom stereocenters. The third kappa shape index (κ3) is 5.74. The van der Waals surface area contributed by atoms with E-state index < -0.39 is 19.1 Å². The molecule has 3 aromatic rings. The van der Waals surface area contributed by atoms with Crippen molar-refractivity contribution < 1.29 is 8.63 Å². The lowest BCUT2D eigenvalue weighted by atomic mass is 10.2. The lowest BCUT2D eigenvalue weighted by Gasteiger charge is -2.42. The van der Waals surface area contributed by atoms with Gasteiger partial charge in [-0.2, -0.15) is 0 Å². The molecule has 0 aliphatic carbocycles. The first-order chi connectivity index (χ1) is 15.3. The lowest BCUT2D eigenvalue weighted by Crippen LogP contribution is -2.66. The van der Waals surface area contributed by atoms with Gasteiger partial charge in [0.2, 0.25) is 0 Å². The molecule has 3 aromatic carbocycles. The van der Waals surface area contributed by atoms with Crippen molar-refractivity contribution in [3.63, 3.8) is 0 Å². The van der Waals surface area contributed by atoms with Gasteiger partial charge in [-0.1, -0.05) is 119 Å². The minimum atomic E-state index is -2.52. The number of hydrogen-bond donors (Lipinski definition) is 0. The molecule has 0 spiro atoms. The van der Waals surface area contributed by atoms with Crippen LogP contribution in [0.4, 0.5) is 0 Å². The second-order valence-electron chi connectivity index (χ2n) is 9.20.